The molecule has 0 amide bonds. The van der Waals surface area contributed by atoms with Crippen LogP contribution >= 0.6 is 0 Å². The van der Waals surface area contributed by atoms with Crippen LogP contribution in [0.4, 0.5) is 11.8 Å². The summed E-state index contributed by atoms with van der Waals surface area (Å²) in [6.07, 6.45) is 3.46. The summed E-state index contributed by atoms with van der Waals surface area (Å²) in [4.78, 5) is 15.7. The molecule has 0 bridgehead atoms. The Morgan fingerprint density at radius 3 is 2.96 bits per heavy atom. The van der Waals surface area contributed by atoms with Crippen LogP contribution in [-0.4, -0.2) is 61.6 Å². The van der Waals surface area contributed by atoms with Gasteiger partial charge in [-0.25, -0.2) is 4.98 Å². The predicted octanol–water partition coefficient (Wildman–Crippen LogP) is 0.942. The van der Waals surface area contributed by atoms with Gasteiger partial charge in [0, 0.05) is 24.5 Å². The molecule has 5 N–H and O–H groups in total. The highest BCUT2D eigenvalue weighted by Gasteiger charge is 2.36. The maximum Gasteiger partial charge on any atom is 0.224 e. The molecule has 12 heteroatoms. The molecule has 2 aromatic heterocycles. The minimum absolute atomic E-state index is 0.102. The summed E-state index contributed by atoms with van der Waals surface area (Å²) >= 11 is 0. The second-order valence-corrected chi connectivity index (χ2v) is 6.29. The third-order valence-corrected chi connectivity index (χ3v) is 4.46. The summed E-state index contributed by atoms with van der Waals surface area (Å²) in [5.41, 5.74) is 15.6. The van der Waals surface area contributed by atoms with Gasteiger partial charge in [0.15, 0.2) is 17.0 Å². The van der Waals surface area contributed by atoms with Gasteiger partial charge in [-0.3, -0.25) is 4.57 Å². The Morgan fingerprint density at radius 1 is 1.37 bits per heavy atom. The van der Waals surface area contributed by atoms with Crippen LogP contribution in [0.5, 0.6) is 0 Å². The van der Waals surface area contributed by atoms with Crippen molar-refractivity contribution in [3.63, 3.8) is 0 Å². The van der Waals surface area contributed by atoms with E-state index in [-0.39, 0.29) is 19.2 Å². The third-order valence-electron chi connectivity index (χ3n) is 4.46. The average molecular weight is 377 g/mol. The Morgan fingerprint density at radius 2 is 2.22 bits per heavy atom. The maximum absolute atomic E-state index is 9.43. The van der Waals surface area contributed by atoms with Crippen LogP contribution in [0.3, 0.4) is 0 Å². The third kappa shape index (κ3) is 4.19. The van der Waals surface area contributed by atoms with E-state index in [4.69, 9.17) is 21.1 Å². The van der Waals surface area contributed by atoms with Crippen LogP contribution < -0.4 is 11.1 Å². The van der Waals surface area contributed by atoms with Crippen LogP contribution in [0, 0.1) is 0 Å². The molecule has 0 saturated carbocycles. The van der Waals surface area contributed by atoms with Crippen molar-refractivity contribution in [1.82, 2.24) is 19.5 Å². The number of nitrogens with one attached hydrogen (secondary N) is 1. The van der Waals surface area contributed by atoms with Crippen molar-refractivity contribution in [2.75, 3.05) is 30.8 Å². The number of aliphatic hydroxyl groups is 2. The summed E-state index contributed by atoms with van der Waals surface area (Å²) in [6.45, 7) is 0.608. The molecule has 27 heavy (non-hydrogen) atoms. The highest BCUT2D eigenvalue weighted by atomic mass is 16.5. The van der Waals surface area contributed by atoms with Crippen molar-refractivity contribution in [1.29, 1.82) is 0 Å². The lowest BCUT2D eigenvalue weighted by Gasteiger charge is -2.14. The number of fused-ring (bicyclic) bond motifs is 1. The fraction of sp³-hybridized carbons (Fsp3) is 0.667. The minimum Gasteiger partial charge on any atom is -0.396 e. The molecule has 0 unspecified atom stereocenters. The molecule has 12 nitrogen and oxygen atoms in total. The molecule has 0 aliphatic carbocycles. The minimum atomic E-state index is -0.577. The normalized spacial score (nSPS) is 22.1. The average Bonchev–Trinajstić information content (AvgIpc) is 3.25. The molecule has 146 valence electrons. The lowest BCUT2D eigenvalue weighted by atomic mass is 10.1. The van der Waals surface area contributed by atoms with E-state index in [1.165, 1.54) is 0 Å². The number of aliphatic hydroxyl groups excluding tert-OH is 2. The smallest absolute Gasteiger partial charge is 0.224 e. The molecule has 1 aliphatic heterocycles. The maximum atomic E-state index is 9.43. The zero-order valence-electron chi connectivity index (χ0n) is 14.8. The SMILES string of the molecule is [N-]=[N+]=N[C@@H]1C[C@H](n2cnc3c(NCCCCCO)nc(N)nc32)O[C@@H]1CO. The second kappa shape index (κ2) is 8.82. The molecule has 0 spiro atoms. The number of hydrogen-bond donors (Lipinski definition) is 4. The molecule has 3 atom stereocenters. The van der Waals surface area contributed by atoms with Gasteiger partial charge >= 0.3 is 0 Å². The zero-order chi connectivity index (χ0) is 19.2. The van der Waals surface area contributed by atoms with Gasteiger partial charge in [-0.1, -0.05) is 5.11 Å². The summed E-state index contributed by atoms with van der Waals surface area (Å²) < 4.78 is 7.50. The van der Waals surface area contributed by atoms with Crippen LogP contribution in [0.1, 0.15) is 31.9 Å². The van der Waals surface area contributed by atoms with E-state index < -0.39 is 18.4 Å². The number of hydrogen-bond acceptors (Lipinski definition) is 9. The number of unbranched alkanes of at least 4 members (excludes halogenated alkanes) is 2. The number of azide groups is 1. The standard InChI is InChI=1S/C15H23N9O3/c16-15-20-13(18-4-2-1-3-5-25)12-14(21-15)24(8-19-12)11-6-9(22-23-17)10(7-26)27-11/h8-11,25-26H,1-7H2,(H3,16,18,20,21)/t9-,10-,11-/m1/s1. The van der Waals surface area contributed by atoms with Crippen molar-refractivity contribution in [3.05, 3.63) is 16.8 Å². The van der Waals surface area contributed by atoms with E-state index in [9.17, 15) is 5.11 Å². The molecule has 0 aromatic carbocycles. The number of anilines is 2. The van der Waals surface area contributed by atoms with Crippen molar-refractivity contribution < 1.29 is 14.9 Å². The topological polar surface area (TPSA) is 180 Å². The van der Waals surface area contributed by atoms with E-state index in [0.29, 0.717) is 29.9 Å². The molecule has 2 aromatic rings. The Hall–Kier alpha value is -2.66. The lowest BCUT2D eigenvalue weighted by molar-refractivity contribution is -0.0232. The van der Waals surface area contributed by atoms with Crippen LogP contribution in [-0.2, 0) is 4.74 Å². The first kappa shape index (κ1) is 19.1. The van der Waals surface area contributed by atoms with E-state index in [2.05, 4.69) is 30.3 Å². The summed E-state index contributed by atoms with van der Waals surface area (Å²) in [5.74, 6) is 0.633. The number of imidazole rings is 1. The van der Waals surface area contributed by atoms with Gasteiger partial charge in [0.1, 0.15) is 6.23 Å². The van der Waals surface area contributed by atoms with Gasteiger partial charge in [-0.15, -0.1) is 0 Å². The first-order chi connectivity index (χ1) is 13.2. The highest BCUT2D eigenvalue weighted by Crippen LogP contribution is 2.33. The van der Waals surface area contributed by atoms with Gasteiger partial charge in [-0.05, 0) is 24.8 Å². The van der Waals surface area contributed by atoms with Gasteiger partial charge in [-0.2, -0.15) is 9.97 Å². The molecule has 0 radical (unpaired) electrons. The summed E-state index contributed by atoms with van der Waals surface area (Å²) in [7, 11) is 0. The molecule has 1 aliphatic rings. The first-order valence-electron chi connectivity index (χ1n) is 8.83. The predicted molar refractivity (Wildman–Crippen MR) is 97.7 cm³/mol. The van der Waals surface area contributed by atoms with Crippen LogP contribution in [0.25, 0.3) is 21.6 Å². The second-order valence-electron chi connectivity index (χ2n) is 6.29. The van der Waals surface area contributed by atoms with E-state index >= 15 is 0 Å². The molecule has 1 saturated heterocycles. The van der Waals surface area contributed by atoms with Crippen molar-refractivity contribution in [2.45, 2.75) is 44.1 Å². The van der Waals surface area contributed by atoms with E-state index in [1.807, 2.05) is 0 Å². The van der Waals surface area contributed by atoms with Crippen LogP contribution in [0.15, 0.2) is 11.4 Å². The fourth-order valence-corrected chi connectivity index (χ4v) is 3.13. The molecular formula is C15H23N9O3. The number of ether oxygens (including phenoxy) is 1. The zero-order valence-corrected chi connectivity index (χ0v) is 14.8. The number of aromatic nitrogens is 4. The van der Waals surface area contributed by atoms with Crippen LogP contribution in [0.2, 0.25) is 0 Å². The molecular weight excluding hydrogens is 354 g/mol. The Kier molecular flexibility index (Phi) is 6.24. The van der Waals surface area contributed by atoms with E-state index in [0.717, 1.165) is 19.3 Å². The number of rotatable bonds is 9. The van der Waals surface area contributed by atoms with Crippen molar-refractivity contribution in [3.8, 4) is 0 Å². The Bertz CT molecular complexity index is 820. The summed E-state index contributed by atoms with van der Waals surface area (Å²) in [6, 6.07) is -0.467. The Balaban J connectivity index is 1.81. The number of nitrogen functional groups attached to an aromatic ring is 1. The molecule has 3 rings (SSSR count). The first-order valence-corrected chi connectivity index (χ1v) is 8.83. The highest BCUT2D eigenvalue weighted by molar-refractivity contribution is 5.84. The molecule has 3 heterocycles. The quantitative estimate of drug-likeness (QED) is 0.215. The fourth-order valence-electron chi connectivity index (χ4n) is 3.13. The van der Waals surface area contributed by atoms with Gasteiger partial charge in [0.2, 0.25) is 5.95 Å². The largest absolute Gasteiger partial charge is 0.396 e. The van der Waals surface area contributed by atoms with Gasteiger partial charge in [0.25, 0.3) is 0 Å². The van der Waals surface area contributed by atoms with Crippen molar-refractivity contribution >= 4 is 22.9 Å². The molecule has 1 fully saturated rings. The lowest BCUT2D eigenvalue weighted by Crippen LogP contribution is -2.22. The Labute approximate surface area is 155 Å². The van der Waals surface area contributed by atoms with Crippen molar-refractivity contribution in [2.24, 2.45) is 5.11 Å². The van der Waals surface area contributed by atoms with Gasteiger partial charge in [0.05, 0.1) is 25.1 Å². The number of nitrogens with two attached hydrogens (primary N) is 1. The van der Waals surface area contributed by atoms with E-state index in [1.54, 1.807) is 10.9 Å². The number of nitrogens with zero attached hydrogens (tertiary/aromatic N) is 7. The summed E-state index contributed by atoms with van der Waals surface area (Å²) in [5, 5.41) is 25.2. The van der Waals surface area contributed by atoms with Gasteiger partial charge < -0.3 is 26.0 Å². The monoisotopic (exact) mass is 377 g/mol.